The number of nitrogens with zero attached hydrogens (tertiary/aromatic N) is 2. The molecule has 0 saturated carbocycles. The Balaban J connectivity index is 1.58. The van der Waals surface area contributed by atoms with Gasteiger partial charge in [-0.25, -0.2) is 13.2 Å². The molecule has 1 amide bonds. The molecular weight excluding hydrogens is 384 g/mol. The molecule has 1 atom stereocenters. The predicted molar refractivity (Wildman–Crippen MR) is 101 cm³/mol. The first-order valence-electron chi connectivity index (χ1n) is 9.54. The van der Waals surface area contributed by atoms with E-state index in [0.29, 0.717) is 32.8 Å². The third kappa shape index (κ3) is 4.71. The maximum absolute atomic E-state index is 12.6. The Kier molecular flexibility index (Phi) is 6.69. The van der Waals surface area contributed by atoms with Crippen LogP contribution < -0.4 is 0 Å². The number of hydrogen-bond donors (Lipinski definition) is 0. The molecule has 2 aliphatic heterocycles. The number of piperidine rings is 1. The Labute approximate surface area is 165 Å². The van der Waals surface area contributed by atoms with Gasteiger partial charge in [0.1, 0.15) is 0 Å². The van der Waals surface area contributed by atoms with Crippen LogP contribution in [0.25, 0.3) is 0 Å². The first-order valence-corrected chi connectivity index (χ1v) is 11.0. The van der Waals surface area contributed by atoms with Crippen molar-refractivity contribution in [2.75, 3.05) is 39.5 Å². The molecule has 154 valence electrons. The summed E-state index contributed by atoms with van der Waals surface area (Å²) in [7, 11) is -3.61. The highest BCUT2D eigenvalue weighted by Crippen LogP contribution is 2.19. The van der Waals surface area contributed by atoms with Crippen LogP contribution in [0.3, 0.4) is 0 Å². The van der Waals surface area contributed by atoms with E-state index in [0.717, 1.165) is 19.3 Å². The summed E-state index contributed by atoms with van der Waals surface area (Å²) in [5.74, 6) is -0.847. The topological polar surface area (TPSA) is 93.2 Å². The summed E-state index contributed by atoms with van der Waals surface area (Å²) >= 11 is 0. The van der Waals surface area contributed by atoms with Gasteiger partial charge in [-0.3, -0.25) is 4.79 Å². The van der Waals surface area contributed by atoms with E-state index in [1.54, 1.807) is 4.90 Å². The van der Waals surface area contributed by atoms with Gasteiger partial charge in [0.05, 0.1) is 23.7 Å². The minimum Gasteiger partial charge on any atom is -0.452 e. The second kappa shape index (κ2) is 9.02. The normalized spacial score (nSPS) is 21.3. The summed E-state index contributed by atoms with van der Waals surface area (Å²) in [6, 6.07) is 5.74. The number of likely N-dealkylation sites (tertiary alicyclic amines) is 1. The van der Waals surface area contributed by atoms with Gasteiger partial charge in [0.2, 0.25) is 10.0 Å². The third-order valence-corrected chi connectivity index (χ3v) is 7.06. The van der Waals surface area contributed by atoms with Crippen LogP contribution in [0.1, 0.15) is 36.5 Å². The van der Waals surface area contributed by atoms with Crippen LogP contribution in [0.5, 0.6) is 0 Å². The maximum Gasteiger partial charge on any atom is 0.338 e. The lowest BCUT2D eigenvalue weighted by molar-refractivity contribution is -0.137. The summed E-state index contributed by atoms with van der Waals surface area (Å²) in [5.41, 5.74) is 0.209. The number of carbonyl (C=O) groups excluding carboxylic acids is 2. The number of ether oxygens (including phenoxy) is 2. The van der Waals surface area contributed by atoms with Gasteiger partial charge in [-0.15, -0.1) is 0 Å². The molecule has 8 nitrogen and oxygen atoms in total. The number of benzene rings is 1. The molecule has 0 bridgehead atoms. The Morgan fingerprint density at radius 3 is 2.43 bits per heavy atom. The van der Waals surface area contributed by atoms with E-state index in [4.69, 9.17) is 9.47 Å². The first kappa shape index (κ1) is 20.8. The van der Waals surface area contributed by atoms with E-state index >= 15 is 0 Å². The van der Waals surface area contributed by atoms with Gasteiger partial charge in [-0.05, 0) is 50.5 Å². The molecule has 0 N–H and O–H groups in total. The van der Waals surface area contributed by atoms with Crippen LogP contribution in [0.15, 0.2) is 29.2 Å². The number of amides is 1. The summed E-state index contributed by atoms with van der Waals surface area (Å²) < 4.78 is 36.9. The Morgan fingerprint density at radius 1 is 1.11 bits per heavy atom. The molecule has 2 heterocycles. The third-order valence-electron chi connectivity index (χ3n) is 5.15. The molecule has 2 aliphatic rings. The van der Waals surface area contributed by atoms with E-state index in [1.165, 1.54) is 28.6 Å². The summed E-state index contributed by atoms with van der Waals surface area (Å²) in [5, 5.41) is 0. The van der Waals surface area contributed by atoms with Crippen molar-refractivity contribution in [3.8, 4) is 0 Å². The molecule has 2 fully saturated rings. The largest absolute Gasteiger partial charge is 0.452 e. The first-order chi connectivity index (χ1) is 13.4. The van der Waals surface area contributed by atoms with Gasteiger partial charge in [0, 0.05) is 25.7 Å². The fraction of sp³-hybridized carbons (Fsp3) is 0.579. The molecule has 0 radical (unpaired) electrons. The van der Waals surface area contributed by atoms with Gasteiger partial charge in [0.25, 0.3) is 5.91 Å². The zero-order valence-electron chi connectivity index (χ0n) is 16.0. The van der Waals surface area contributed by atoms with Crippen LogP contribution in [0.4, 0.5) is 0 Å². The summed E-state index contributed by atoms with van der Waals surface area (Å²) in [6.45, 7) is 3.72. The molecule has 1 aromatic carbocycles. The van der Waals surface area contributed by atoms with Crippen LogP contribution in [-0.4, -0.2) is 75.0 Å². The lowest BCUT2D eigenvalue weighted by Crippen LogP contribution is -2.44. The Bertz CT molecular complexity index is 802. The number of carbonyl (C=O) groups is 2. The van der Waals surface area contributed by atoms with Gasteiger partial charge in [-0.2, -0.15) is 4.31 Å². The SMILES string of the molecule is C[C@H]1CCCCN1C(=O)COC(=O)c1ccc(S(=O)(=O)N2CCOCC2)cc1. The molecule has 0 aromatic heterocycles. The van der Waals surface area contributed by atoms with E-state index < -0.39 is 16.0 Å². The smallest absolute Gasteiger partial charge is 0.338 e. The van der Waals surface area contributed by atoms with Crippen molar-refractivity contribution in [1.82, 2.24) is 9.21 Å². The second-order valence-corrected chi connectivity index (χ2v) is 8.99. The Morgan fingerprint density at radius 2 is 1.79 bits per heavy atom. The summed E-state index contributed by atoms with van der Waals surface area (Å²) in [4.78, 5) is 26.3. The lowest BCUT2D eigenvalue weighted by Gasteiger charge is -2.33. The Hall–Kier alpha value is -1.97. The number of morpholine rings is 1. The highest BCUT2D eigenvalue weighted by Gasteiger charge is 2.27. The summed E-state index contributed by atoms with van der Waals surface area (Å²) in [6.07, 6.45) is 3.02. The molecule has 1 aromatic rings. The van der Waals surface area contributed by atoms with Gasteiger partial charge < -0.3 is 14.4 Å². The molecular formula is C19H26N2O6S. The molecule has 0 aliphatic carbocycles. The standard InChI is InChI=1S/C19H26N2O6S/c1-15-4-2-3-9-21(15)18(22)14-27-19(23)16-5-7-17(8-6-16)28(24,25)20-10-12-26-13-11-20/h5-8,15H,2-4,9-14H2,1H3/t15-/m0/s1. The fourth-order valence-electron chi connectivity index (χ4n) is 3.46. The number of esters is 1. The highest BCUT2D eigenvalue weighted by atomic mass is 32.2. The average molecular weight is 410 g/mol. The van der Waals surface area contributed by atoms with Crippen molar-refractivity contribution < 1.29 is 27.5 Å². The van der Waals surface area contributed by atoms with Crippen LogP contribution >= 0.6 is 0 Å². The monoisotopic (exact) mass is 410 g/mol. The zero-order chi connectivity index (χ0) is 20.1. The molecule has 28 heavy (non-hydrogen) atoms. The van der Waals surface area contributed by atoms with Crippen molar-refractivity contribution in [3.63, 3.8) is 0 Å². The van der Waals surface area contributed by atoms with Crippen molar-refractivity contribution in [1.29, 1.82) is 0 Å². The second-order valence-electron chi connectivity index (χ2n) is 7.05. The van der Waals surface area contributed by atoms with Crippen LogP contribution in [-0.2, 0) is 24.3 Å². The number of rotatable bonds is 5. The van der Waals surface area contributed by atoms with Crippen LogP contribution in [0.2, 0.25) is 0 Å². The molecule has 2 saturated heterocycles. The number of hydrogen-bond acceptors (Lipinski definition) is 6. The highest BCUT2D eigenvalue weighted by molar-refractivity contribution is 7.89. The van der Waals surface area contributed by atoms with Crippen molar-refractivity contribution >= 4 is 21.9 Å². The molecule has 9 heteroatoms. The van der Waals surface area contributed by atoms with E-state index in [1.807, 2.05) is 6.92 Å². The quantitative estimate of drug-likeness (QED) is 0.679. The minimum absolute atomic E-state index is 0.115. The zero-order valence-corrected chi connectivity index (χ0v) is 16.8. The van der Waals surface area contributed by atoms with E-state index in [2.05, 4.69) is 0 Å². The fourth-order valence-corrected chi connectivity index (χ4v) is 4.87. The number of sulfonamides is 1. The van der Waals surface area contributed by atoms with Crippen molar-refractivity contribution in [2.24, 2.45) is 0 Å². The molecule has 3 rings (SSSR count). The van der Waals surface area contributed by atoms with Crippen LogP contribution in [0, 0.1) is 0 Å². The molecule has 0 spiro atoms. The van der Waals surface area contributed by atoms with E-state index in [9.17, 15) is 18.0 Å². The van der Waals surface area contributed by atoms with Crippen molar-refractivity contribution in [3.05, 3.63) is 29.8 Å². The van der Waals surface area contributed by atoms with Gasteiger partial charge in [-0.1, -0.05) is 0 Å². The lowest BCUT2D eigenvalue weighted by atomic mass is 10.0. The maximum atomic E-state index is 12.6. The minimum atomic E-state index is -3.61. The van der Waals surface area contributed by atoms with Gasteiger partial charge in [0.15, 0.2) is 6.61 Å². The average Bonchev–Trinajstić information content (AvgIpc) is 2.73. The predicted octanol–water partition coefficient (Wildman–Crippen LogP) is 1.27. The van der Waals surface area contributed by atoms with E-state index in [-0.39, 0.29) is 29.0 Å². The van der Waals surface area contributed by atoms with Gasteiger partial charge >= 0.3 is 5.97 Å². The molecule has 0 unspecified atom stereocenters. The van der Waals surface area contributed by atoms with Crippen molar-refractivity contribution in [2.45, 2.75) is 37.1 Å².